The van der Waals surface area contributed by atoms with Crippen molar-refractivity contribution in [2.45, 2.75) is 32.4 Å². The molecule has 1 aromatic carbocycles. The Morgan fingerprint density at radius 3 is 3.05 bits per heavy atom. The lowest BCUT2D eigenvalue weighted by Crippen LogP contribution is -2.34. The van der Waals surface area contributed by atoms with Gasteiger partial charge in [0.25, 0.3) is 0 Å². The monoisotopic (exact) mass is 270 g/mol. The van der Waals surface area contributed by atoms with Crippen LogP contribution < -0.4 is 5.32 Å². The maximum atomic E-state index is 6.01. The molecule has 3 unspecified atom stereocenters. The van der Waals surface area contributed by atoms with Crippen molar-refractivity contribution < 1.29 is 4.74 Å². The second-order valence-electron chi connectivity index (χ2n) is 5.58. The van der Waals surface area contributed by atoms with Gasteiger partial charge < -0.3 is 10.1 Å². The number of nitrogens with zero attached hydrogens (tertiary/aromatic N) is 1. The van der Waals surface area contributed by atoms with Crippen LogP contribution in [0.2, 0.25) is 0 Å². The summed E-state index contributed by atoms with van der Waals surface area (Å²) in [6, 6.07) is 8.80. The standard InChI is InChI=1S/C17H22N2O/c1-3-19-16(17-12(2)8-10-20-17)15-6-4-5-13-11-18-9-7-14(13)15/h4-7,9,11-12,16-17,19H,3,8,10H2,1-2H3. The van der Waals surface area contributed by atoms with E-state index in [0.717, 1.165) is 19.6 Å². The highest BCUT2D eigenvalue weighted by Gasteiger charge is 2.33. The van der Waals surface area contributed by atoms with E-state index in [2.05, 4.69) is 48.4 Å². The number of pyridine rings is 1. The maximum absolute atomic E-state index is 6.01. The number of aromatic nitrogens is 1. The first kappa shape index (κ1) is 13.5. The summed E-state index contributed by atoms with van der Waals surface area (Å²) in [5.41, 5.74) is 1.32. The summed E-state index contributed by atoms with van der Waals surface area (Å²) in [7, 11) is 0. The Hall–Kier alpha value is -1.45. The first-order valence-electron chi connectivity index (χ1n) is 7.49. The predicted molar refractivity (Wildman–Crippen MR) is 81.7 cm³/mol. The molecular weight excluding hydrogens is 248 g/mol. The molecule has 1 saturated heterocycles. The Kier molecular flexibility index (Phi) is 3.99. The normalized spacial score (nSPS) is 24.1. The molecule has 3 atom stereocenters. The van der Waals surface area contributed by atoms with Crippen LogP contribution in [0.15, 0.2) is 36.7 Å². The molecule has 106 valence electrons. The van der Waals surface area contributed by atoms with Gasteiger partial charge in [-0.1, -0.05) is 32.0 Å². The van der Waals surface area contributed by atoms with E-state index in [1.165, 1.54) is 16.3 Å². The zero-order valence-corrected chi connectivity index (χ0v) is 12.2. The number of hydrogen-bond donors (Lipinski definition) is 1. The SMILES string of the molecule is CCNC(c1cccc2cnccc12)C1OCCC1C. The van der Waals surface area contributed by atoms with Gasteiger partial charge in [-0.15, -0.1) is 0 Å². The maximum Gasteiger partial charge on any atom is 0.0796 e. The molecule has 0 aliphatic carbocycles. The molecule has 0 amide bonds. The Labute approximate surface area is 120 Å². The minimum Gasteiger partial charge on any atom is -0.376 e. The molecule has 0 radical (unpaired) electrons. The van der Waals surface area contributed by atoms with E-state index in [4.69, 9.17) is 4.74 Å². The van der Waals surface area contributed by atoms with Gasteiger partial charge in [0.15, 0.2) is 0 Å². The molecule has 20 heavy (non-hydrogen) atoms. The molecule has 1 N–H and O–H groups in total. The molecular formula is C17H22N2O. The van der Waals surface area contributed by atoms with Crippen molar-refractivity contribution in [2.24, 2.45) is 5.92 Å². The molecule has 1 aromatic heterocycles. The van der Waals surface area contributed by atoms with Crippen molar-refractivity contribution in [2.75, 3.05) is 13.2 Å². The minimum absolute atomic E-state index is 0.253. The molecule has 1 aliphatic heterocycles. The highest BCUT2D eigenvalue weighted by Crippen LogP contribution is 2.34. The Morgan fingerprint density at radius 2 is 2.30 bits per heavy atom. The van der Waals surface area contributed by atoms with E-state index in [1.807, 2.05) is 12.4 Å². The zero-order chi connectivity index (χ0) is 13.9. The second kappa shape index (κ2) is 5.90. The number of ether oxygens (including phenoxy) is 1. The van der Waals surface area contributed by atoms with Crippen LogP contribution in [0.5, 0.6) is 0 Å². The van der Waals surface area contributed by atoms with Gasteiger partial charge in [0.05, 0.1) is 12.1 Å². The summed E-state index contributed by atoms with van der Waals surface area (Å²) in [4.78, 5) is 4.22. The molecule has 3 nitrogen and oxygen atoms in total. The predicted octanol–water partition coefficient (Wildman–Crippen LogP) is 3.31. The fourth-order valence-corrected chi connectivity index (χ4v) is 3.19. The first-order chi connectivity index (χ1) is 9.81. The van der Waals surface area contributed by atoms with Gasteiger partial charge in [-0.3, -0.25) is 4.98 Å². The third-order valence-corrected chi connectivity index (χ3v) is 4.25. The van der Waals surface area contributed by atoms with Gasteiger partial charge in [0.1, 0.15) is 0 Å². The van der Waals surface area contributed by atoms with Gasteiger partial charge in [-0.25, -0.2) is 0 Å². The highest BCUT2D eigenvalue weighted by atomic mass is 16.5. The van der Waals surface area contributed by atoms with Crippen LogP contribution in [-0.2, 0) is 4.74 Å². The third kappa shape index (κ3) is 2.43. The average molecular weight is 270 g/mol. The van der Waals surface area contributed by atoms with Gasteiger partial charge >= 0.3 is 0 Å². The Balaban J connectivity index is 2.05. The minimum atomic E-state index is 0.253. The van der Waals surface area contributed by atoms with Crippen molar-refractivity contribution in [3.63, 3.8) is 0 Å². The second-order valence-corrected chi connectivity index (χ2v) is 5.58. The lowest BCUT2D eigenvalue weighted by molar-refractivity contribution is 0.0616. The lowest BCUT2D eigenvalue weighted by Gasteiger charge is -2.28. The molecule has 0 spiro atoms. The van der Waals surface area contributed by atoms with E-state index in [-0.39, 0.29) is 12.1 Å². The number of hydrogen-bond acceptors (Lipinski definition) is 3. The lowest BCUT2D eigenvalue weighted by atomic mass is 9.90. The molecule has 0 saturated carbocycles. The largest absolute Gasteiger partial charge is 0.376 e. The zero-order valence-electron chi connectivity index (χ0n) is 12.2. The summed E-state index contributed by atoms with van der Waals surface area (Å²) < 4.78 is 6.01. The highest BCUT2D eigenvalue weighted by molar-refractivity contribution is 5.85. The van der Waals surface area contributed by atoms with Gasteiger partial charge in [0.2, 0.25) is 0 Å². The number of benzene rings is 1. The van der Waals surface area contributed by atoms with Gasteiger partial charge in [-0.2, -0.15) is 0 Å². The summed E-state index contributed by atoms with van der Waals surface area (Å²) in [6.07, 6.45) is 5.21. The van der Waals surface area contributed by atoms with Crippen LogP contribution in [0, 0.1) is 5.92 Å². The van der Waals surface area contributed by atoms with Crippen molar-refractivity contribution in [1.29, 1.82) is 0 Å². The van der Waals surface area contributed by atoms with E-state index in [9.17, 15) is 0 Å². The van der Waals surface area contributed by atoms with Crippen molar-refractivity contribution >= 4 is 10.8 Å². The van der Waals surface area contributed by atoms with Crippen LogP contribution in [-0.4, -0.2) is 24.2 Å². The van der Waals surface area contributed by atoms with Crippen LogP contribution in [0.1, 0.15) is 31.9 Å². The summed E-state index contributed by atoms with van der Waals surface area (Å²) in [5, 5.41) is 6.09. The van der Waals surface area contributed by atoms with E-state index in [0.29, 0.717) is 5.92 Å². The number of rotatable bonds is 4. The van der Waals surface area contributed by atoms with Crippen molar-refractivity contribution in [1.82, 2.24) is 10.3 Å². The van der Waals surface area contributed by atoms with Gasteiger partial charge in [-0.05, 0) is 35.9 Å². The molecule has 1 fully saturated rings. The van der Waals surface area contributed by atoms with Gasteiger partial charge in [0, 0.05) is 24.4 Å². The molecule has 1 aliphatic rings. The van der Waals surface area contributed by atoms with Crippen molar-refractivity contribution in [3.05, 3.63) is 42.2 Å². The summed E-state index contributed by atoms with van der Waals surface area (Å²) in [6.45, 7) is 6.26. The van der Waals surface area contributed by atoms with E-state index >= 15 is 0 Å². The van der Waals surface area contributed by atoms with Crippen LogP contribution in [0.4, 0.5) is 0 Å². The number of fused-ring (bicyclic) bond motifs is 1. The molecule has 0 bridgehead atoms. The Morgan fingerprint density at radius 1 is 1.40 bits per heavy atom. The average Bonchev–Trinajstić information content (AvgIpc) is 2.90. The van der Waals surface area contributed by atoms with E-state index in [1.54, 1.807) is 0 Å². The van der Waals surface area contributed by atoms with Crippen LogP contribution in [0.3, 0.4) is 0 Å². The van der Waals surface area contributed by atoms with Crippen LogP contribution >= 0.6 is 0 Å². The molecule has 2 aromatic rings. The topological polar surface area (TPSA) is 34.2 Å². The third-order valence-electron chi connectivity index (χ3n) is 4.25. The summed E-state index contributed by atoms with van der Waals surface area (Å²) in [5.74, 6) is 0.594. The quantitative estimate of drug-likeness (QED) is 0.925. The molecule has 3 heteroatoms. The van der Waals surface area contributed by atoms with E-state index < -0.39 is 0 Å². The summed E-state index contributed by atoms with van der Waals surface area (Å²) >= 11 is 0. The van der Waals surface area contributed by atoms with Crippen molar-refractivity contribution in [3.8, 4) is 0 Å². The fraction of sp³-hybridized carbons (Fsp3) is 0.471. The fourth-order valence-electron chi connectivity index (χ4n) is 3.19. The Bertz CT molecular complexity index is 579. The van der Waals surface area contributed by atoms with Crippen LogP contribution in [0.25, 0.3) is 10.8 Å². The number of nitrogens with one attached hydrogen (secondary N) is 1. The first-order valence-corrected chi connectivity index (χ1v) is 7.49. The molecule has 3 rings (SSSR count). The molecule has 2 heterocycles. The number of likely N-dealkylation sites (N-methyl/N-ethyl adjacent to an activating group) is 1. The smallest absolute Gasteiger partial charge is 0.0796 e.